The Kier molecular flexibility index (Phi) is 2.69. The molecule has 0 radical (unpaired) electrons. The average molecular weight is 275 g/mol. The average Bonchev–Trinajstić information content (AvgIpc) is 2.81. The largest absolute Gasteiger partial charge is 0.354 e. The molecule has 0 fully saturated rings. The van der Waals surface area contributed by atoms with E-state index >= 15 is 0 Å². The maximum atomic E-state index is 11.6. The number of amides is 1. The van der Waals surface area contributed by atoms with E-state index in [0.717, 1.165) is 21.9 Å². The van der Waals surface area contributed by atoms with Crippen LogP contribution in [-0.2, 0) is 0 Å². The minimum Gasteiger partial charge on any atom is -0.354 e. The lowest BCUT2D eigenvalue weighted by atomic mass is 10.1. The van der Waals surface area contributed by atoms with E-state index in [1.807, 2.05) is 25.1 Å². The van der Waals surface area contributed by atoms with Crippen molar-refractivity contribution in [1.82, 2.24) is 10.5 Å². The molecule has 0 bridgehead atoms. The summed E-state index contributed by atoms with van der Waals surface area (Å²) in [5.41, 5.74) is 4.58. The molecule has 1 heterocycles. The second-order valence-corrected chi connectivity index (χ2v) is 4.80. The minimum absolute atomic E-state index is 0.395. The highest BCUT2D eigenvalue weighted by molar-refractivity contribution is 6.32. The maximum absolute atomic E-state index is 11.6. The van der Waals surface area contributed by atoms with Crippen molar-refractivity contribution >= 4 is 39.3 Å². The first-order valence-electron chi connectivity index (χ1n) is 5.77. The van der Waals surface area contributed by atoms with Crippen LogP contribution in [0.4, 0.5) is 0 Å². The molecule has 0 spiro atoms. The van der Waals surface area contributed by atoms with Gasteiger partial charge in [0.1, 0.15) is 0 Å². The van der Waals surface area contributed by atoms with Gasteiger partial charge in [0, 0.05) is 15.8 Å². The molecular weight excluding hydrogens is 264 g/mol. The Hall–Kier alpha value is -2.04. The van der Waals surface area contributed by atoms with Gasteiger partial charge in [-0.25, -0.2) is 5.48 Å². The predicted octanol–water partition coefficient (Wildman–Crippen LogP) is 3.40. The minimum atomic E-state index is -0.541. The number of nitrogens with one attached hydrogen (secondary N) is 2. The first-order valence-corrected chi connectivity index (χ1v) is 6.15. The number of hydrogen-bond donors (Lipinski definition) is 3. The Morgan fingerprint density at radius 3 is 2.68 bits per heavy atom. The predicted molar refractivity (Wildman–Crippen MR) is 74.8 cm³/mol. The molecule has 3 aromatic rings. The number of carbonyl (C=O) groups excluding carboxylic acids is 1. The number of hydroxylamine groups is 1. The van der Waals surface area contributed by atoms with Crippen LogP contribution >= 0.6 is 11.6 Å². The lowest BCUT2D eigenvalue weighted by molar-refractivity contribution is 0.0708. The summed E-state index contributed by atoms with van der Waals surface area (Å²) in [6, 6.07) is 9.12. The molecule has 0 saturated heterocycles. The monoisotopic (exact) mass is 274 g/mol. The third-order valence-corrected chi connectivity index (χ3v) is 3.76. The zero-order chi connectivity index (χ0) is 13.6. The Balaban J connectivity index is 2.46. The van der Waals surface area contributed by atoms with Crippen LogP contribution in [0, 0.1) is 6.92 Å². The molecule has 1 aromatic heterocycles. The number of hydrogen-bond acceptors (Lipinski definition) is 2. The summed E-state index contributed by atoms with van der Waals surface area (Å²) >= 11 is 6.11. The molecule has 3 rings (SSSR count). The molecule has 0 atom stereocenters. The van der Waals surface area contributed by atoms with Crippen LogP contribution in [0.25, 0.3) is 21.8 Å². The Bertz CT molecular complexity index is 808. The summed E-state index contributed by atoms with van der Waals surface area (Å²) < 4.78 is 0. The highest BCUT2D eigenvalue weighted by Gasteiger charge is 2.14. The summed E-state index contributed by atoms with van der Waals surface area (Å²) in [4.78, 5) is 14.9. The van der Waals surface area contributed by atoms with Crippen molar-refractivity contribution in [3.05, 3.63) is 46.5 Å². The molecule has 4 nitrogen and oxygen atoms in total. The second-order valence-electron chi connectivity index (χ2n) is 4.39. The number of halogens is 1. The normalized spacial score (nSPS) is 11.1. The molecule has 0 aliphatic heterocycles. The molecule has 1 amide bonds. The van der Waals surface area contributed by atoms with Crippen molar-refractivity contribution in [2.24, 2.45) is 0 Å². The molecule has 0 aliphatic rings. The third-order valence-electron chi connectivity index (χ3n) is 3.35. The Morgan fingerprint density at radius 2 is 1.95 bits per heavy atom. The SMILES string of the molecule is Cc1c(Cl)ccc2c1[nH]c1c(C(=O)NO)cccc12. The van der Waals surface area contributed by atoms with Crippen LogP contribution in [0.2, 0.25) is 5.02 Å². The molecule has 0 unspecified atom stereocenters. The van der Waals surface area contributed by atoms with Gasteiger partial charge < -0.3 is 4.98 Å². The molecule has 96 valence electrons. The summed E-state index contributed by atoms with van der Waals surface area (Å²) in [6.45, 7) is 1.92. The summed E-state index contributed by atoms with van der Waals surface area (Å²) in [6.07, 6.45) is 0. The molecule has 19 heavy (non-hydrogen) atoms. The van der Waals surface area contributed by atoms with Gasteiger partial charge in [0.2, 0.25) is 0 Å². The van der Waals surface area contributed by atoms with Crippen molar-refractivity contribution in [1.29, 1.82) is 0 Å². The van der Waals surface area contributed by atoms with E-state index in [9.17, 15) is 4.79 Å². The van der Waals surface area contributed by atoms with Crippen molar-refractivity contribution in [2.75, 3.05) is 0 Å². The fourth-order valence-electron chi connectivity index (χ4n) is 2.36. The molecule has 3 N–H and O–H groups in total. The number of aromatic nitrogens is 1. The summed E-state index contributed by atoms with van der Waals surface area (Å²) in [5, 5.41) is 11.4. The van der Waals surface area contributed by atoms with Crippen LogP contribution < -0.4 is 5.48 Å². The number of para-hydroxylation sites is 1. The molecule has 0 aliphatic carbocycles. The third kappa shape index (κ3) is 1.69. The second kappa shape index (κ2) is 4.26. The number of aromatic amines is 1. The van der Waals surface area contributed by atoms with Crippen LogP contribution in [0.15, 0.2) is 30.3 Å². The first-order chi connectivity index (χ1) is 9.13. The van der Waals surface area contributed by atoms with Gasteiger partial charge in [-0.3, -0.25) is 10.0 Å². The lowest BCUT2D eigenvalue weighted by Gasteiger charge is -1.99. The van der Waals surface area contributed by atoms with Crippen LogP contribution in [0.1, 0.15) is 15.9 Å². The molecule has 5 heteroatoms. The zero-order valence-electron chi connectivity index (χ0n) is 10.1. The van der Waals surface area contributed by atoms with Gasteiger partial charge in [0.25, 0.3) is 5.91 Å². The fourth-order valence-corrected chi connectivity index (χ4v) is 2.52. The van der Waals surface area contributed by atoms with Gasteiger partial charge in [-0.2, -0.15) is 0 Å². The summed E-state index contributed by atoms with van der Waals surface area (Å²) in [5.74, 6) is -0.541. The van der Waals surface area contributed by atoms with Gasteiger partial charge in [0.15, 0.2) is 0 Å². The topological polar surface area (TPSA) is 65.1 Å². The van der Waals surface area contributed by atoms with Crippen molar-refractivity contribution in [2.45, 2.75) is 6.92 Å². The number of rotatable bonds is 1. The van der Waals surface area contributed by atoms with E-state index in [0.29, 0.717) is 16.1 Å². The van der Waals surface area contributed by atoms with Gasteiger partial charge in [-0.15, -0.1) is 0 Å². The summed E-state index contributed by atoms with van der Waals surface area (Å²) in [7, 11) is 0. The van der Waals surface area contributed by atoms with Gasteiger partial charge in [-0.05, 0) is 24.6 Å². The molecule has 2 aromatic carbocycles. The van der Waals surface area contributed by atoms with Crippen molar-refractivity contribution in [3.8, 4) is 0 Å². The van der Waals surface area contributed by atoms with Crippen LogP contribution in [-0.4, -0.2) is 16.1 Å². The van der Waals surface area contributed by atoms with E-state index in [1.54, 1.807) is 17.6 Å². The lowest BCUT2D eigenvalue weighted by Crippen LogP contribution is -2.18. The van der Waals surface area contributed by atoms with Crippen molar-refractivity contribution in [3.63, 3.8) is 0 Å². The van der Waals surface area contributed by atoms with Crippen molar-refractivity contribution < 1.29 is 10.0 Å². The Labute approximate surface area is 113 Å². The standard InChI is InChI=1S/C14H11ClN2O2/c1-7-11(15)6-5-9-8-3-2-4-10(14(18)17-19)13(8)16-12(7)9/h2-6,16,19H,1H3,(H,17,18). The van der Waals surface area contributed by atoms with E-state index in [1.165, 1.54) is 0 Å². The van der Waals surface area contributed by atoms with E-state index < -0.39 is 5.91 Å². The van der Waals surface area contributed by atoms with Crippen LogP contribution in [0.3, 0.4) is 0 Å². The van der Waals surface area contributed by atoms with Gasteiger partial charge in [0.05, 0.1) is 16.6 Å². The Morgan fingerprint density at radius 1 is 1.21 bits per heavy atom. The maximum Gasteiger partial charge on any atom is 0.276 e. The van der Waals surface area contributed by atoms with Gasteiger partial charge in [-0.1, -0.05) is 29.8 Å². The number of benzene rings is 2. The van der Waals surface area contributed by atoms with E-state index in [2.05, 4.69) is 4.98 Å². The molecule has 0 saturated carbocycles. The first kappa shape index (κ1) is 12.0. The highest BCUT2D eigenvalue weighted by Crippen LogP contribution is 2.32. The number of aryl methyl sites for hydroxylation is 1. The van der Waals surface area contributed by atoms with E-state index in [-0.39, 0.29) is 0 Å². The smallest absolute Gasteiger partial charge is 0.276 e. The number of fused-ring (bicyclic) bond motifs is 3. The zero-order valence-corrected chi connectivity index (χ0v) is 10.9. The number of H-pyrrole nitrogens is 1. The van der Waals surface area contributed by atoms with Gasteiger partial charge >= 0.3 is 0 Å². The highest BCUT2D eigenvalue weighted by atomic mass is 35.5. The quantitative estimate of drug-likeness (QED) is 0.470. The fraction of sp³-hybridized carbons (Fsp3) is 0.0714. The van der Waals surface area contributed by atoms with E-state index in [4.69, 9.17) is 16.8 Å². The number of carbonyl (C=O) groups is 1. The van der Waals surface area contributed by atoms with Crippen LogP contribution in [0.5, 0.6) is 0 Å². The molecular formula is C14H11ClN2O2.